The van der Waals surface area contributed by atoms with Crippen LogP contribution in [0.4, 0.5) is 28.3 Å². The standard InChI is InChI=1S/C26H29F4N7S.CH4/c1-15(16-8-24(31)38-13-16)32-10-17-11-33-25(34-17)23-9-18-20(35-21-6-7-36(2)12-19(21)27)4-3-5-22(18)37(23)14-26(28,29)30;/h3-5,8-9,13,19,21,32,35H,1,6-7,10-12,14,31H2,2H3;1H4. The molecule has 39 heavy (non-hydrogen) atoms. The molecule has 0 saturated carbocycles. The topological polar surface area (TPSA) is 83.0 Å². The van der Waals surface area contributed by atoms with Gasteiger partial charge in [-0.1, -0.05) is 20.1 Å². The number of nitrogens with zero attached hydrogens (tertiary/aromatic N) is 4. The summed E-state index contributed by atoms with van der Waals surface area (Å²) in [7, 11) is 1.87. The quantitative estimate of drug-likeness (QED) is 0.321. The van der Waals surface area contributed by atoms with Gasteiger partial charge in [-0.05, 0) is 37.7 Å². The van der Waals surface area contributed by atoms with Crippen LogP contribution in [0.15, 0.2) is 52.3 Å². The molecule has 1 saturated heterocycles. The zero-order chi connectivity index (χ0) is 27.0. The highest BCUT2D eigenvalue weighted by molar-refractivity contribution is 7.14. The Morgan fingerprint density at radius 3 is 2.77 bits per heavy atom. The van der Waals surface area contributed by atoms with E-state index in [0.29, 0.717) is 52.5 Å². The molecule has 3 aromatic rings. The first-order chi connectivity index (χ1) is 18.1. The normalized spacial score (nSPS) is 19.9. The van der Waals surface area contributed by atoms with Gasteiger partial charge in [-0.3, -0.25) is 4.99 Å². The van der Waals surface area contributed by atoms with E-state index in [1.54, 1.807) is 24.3 Å². The molecular weight excluding hydrogens is 530 g/mol. The van der Waals surface area contributed by atoms with Crippen LogP contribution in [0.2, 0.25) is 0 Å². The predicted molar refractivity (Wildman–Crippen MR) is 154 cm³/mol. The van der Waals surface area contributed by atoms with Crippen LogP contribution < -0.4 is 16.4 Å². The average Bonchev–Trinajstić information content (AvgIpc) is 3.58. The van der Waals surface area contributed by atoms with Crippen molar-refractivity contribution in [3.8, 4) is 0 Å². The Balaban J connectivity index is 0.00000353. The monoisotopic (exact) mass is 563 g/mol. The SMILES string of the molecule is C.C=C(NCC1=NC(c2cc3c(NC4CCN(C)CC4F)cccc3n2CC(F)(F)F)=NC1)c1csc(N)c1. The molecule has 0 amide bonds. The lowest BCUT2D eigenvalue weighted by atomic mass is 10.0. The summed E-state index contributed by atoms with van der Waals surface area (Å²) in [5, 5.41) is 9.57. The fraction of sp³-hybridized carbons (Fsp3) is 0.407. The third-order valence-electron chi connectivity index (χ3n) is 6.75. The van der Waals surface area contributed by atoms with E-state index >= 15 is 0 Å². The zero-order valence-corrected chi connectivity index (χ0v) is 21.7. The molecule has 4 N–H and O–H groups in total. The lowest BCUT2D eigenvalue weighted by Crippen LogP contribution is -2.46. The van der Waals surface area contributed by atoms with Crippen LogP contribution in [-0.4, -0.2) is 72.6 Å². The van der Waals surface area contributed by atoms with Crippen LogP contribution in [0.1, 0.15) is 25.1 Å². The van der Waals surface area contributed by atoms with Gasteiger partial charge in [0, 0.05) is 40.8 Å². The van der Waals surface area contributed by atoms with Crippen LogP contribution in [0.3, 0.4) is 0 Å². The molecule has 4 heterocycles. The maximum Gasteiger partial charge on any atom is 0.406 e. The largest absolute Gasteiger partial charge is 0.406 e. The first-order valence-corrected chi connectivity index (χ1v) is 13.1. The number of thiophene rings is 1. The van der Waals surface area contributed by atoms with Gasteiger partial charge in [-0.2, -0.15) is 13.2 Å². The van der Waals surface area contributed by atoms with Crippen molar-refractivity contribution >= 4 is 50.2 Å². The van der Waals surface area contributed by atoms with Crippen molar-refractivity contribution in [2.75, 3.05) is 44.3 Å². The Bertz CT molecular complexity index is 1400. The molecular formula is C27H33F4N7S. The van der Waals surface area contributed by atoms with E-state index in [1.807, 2.05) is 23.4 Å². The smallest absolute Gasteiger partial charge is 0.391 e. The maximum absolute atomic E-state index is 14.7. The summed E-state index contributed by atoms with van der Waals surface area (Å²) in [5.74, 6) is 0.237. The highest BCUT2D eigenvalue weighted by Crippen LogP contribution is 2.32. The number of fused-ring (bicyclic) bond motifs is 1. The second kappa shape index (κ2) is 11.4. The van der Waals surface area contributed by atoms with Crippen molar-refractivity contribution in [2.24, 2.45) is 9.98 Å². The minimum atomic E-state index is -4.45. The zero-order valence-electron chi connectivity index (χ0n) is 20.9. The molecule has 2 unspecified atom stereocenters. The van der Waals surface area contributed by atoms with Crippen LogP contribution >= 0.6 is 11.3 Å². The number of piperidine rings is 1. The molecule has 0 bridgehead atoms. The van der Waals surface area contributed by atoms with Crippen LogP contribution in [0, 0.1) is 0 Å². The number of anilines is 2. The summed E-state index contributed by atoms with van der Waals surface area (Å²) in [6, 6.07) is 8.15. The van der Waals surface area contributed by atoms with Crippen LogP contribution in [0.5, 0.6) is 0 Å². The van der Waals surface area contributed by atoms with Crippen molar-refractivity contribution in [1.82, 2.24) is 14.8 Å². The van der Waals surface area contributed by atoms with Crippen molar-refractivity contribution in [2.45, 2.75) is 38.8 Å². The Labute approximate surface area is 229 Å². The van der Waals surface area contributed by atoms with Gasteiger partial charge in [0.15, 0.2) is 5.84 Å². The number of aromatic nitrogens is 1. The molecule has 2 aliphatic heterocycles. The molecule has 12 heteroatoms. The van der Waals surface area contributed by atoms with Crippen LogP contribution in [-0.2, 0) is 6.54 Å². The number of amidine groups is 1. The second-order valence-corrected chi connectivity index (χ2v) is 10.6. The van der Waals surface area contributed by atoms with E-state index < -0.39 is 24.9 Å². The number of halogens is 4. The molecule has 7 nitrogen and oxygen atoms in total. The van der Waals surface area contributed by atoms with Crippen molar-refractivity contribution in [1.29, 1.82) is 0 Å². The molecule has 5 rings (SSSR count). The van der Waals surface area contributed by atoms with Gasteiger partial charge in [0.1, 0.15) is 12.7 Å². The van der Waals surface area contributed by atoms with Gasteiger partial charge in [0.25, 0.3) is 0 Å². The number of hydrogen-bond acceptors (Lipinski definition) is 7. The number of rotatable bonds is 8. The fourth-order valence-electron chi connectivity index (χ4n) is 4.81. The number of likely N-dealkylation sites (tertiary alicyclic amines) is 1. The molecule has 0 aliphatic carbocycles. The summed E-state index contributed by atoms with van der Waals surface area (Å²) >= 11 is 1.41. The van der Waals surface area contributed by atoms with Crippen molar-refractivity contribution in [3.63, 3.8) is 0 Å². The molecule has 1 aromatic carbocycles. The Hall–Kier alpha value is -3.38. The number of nitrogens with two attached hydrogens (primary N) is 1. The van der Waals surface area contributed by atoms with E-state index in [9.17, 15) is 17.6 Å². The first kappa shape index (κ1) is 28.6. The number of alkyl halides is 4. The molecule has 0 radical (unpaired) electrons. The van der Waals surface area contributed by atoms with Gasteiger partial charge in [0.05, 0.1) is 41.1 Å². The third kappa shape index (κ3) is 6.44. The first-order valence-electron chi connectivity index (χ1n) is 12.2. The molecule has 2 aromatic heterocycles. The van der Waals surface area contributed by atoms with E-state index in [-0.39, 0.29) is 25.5 Å². The number of nitrogens with one attached hydrogen (secondary N) is 2. The average molecular weight is 564 g/mol. The van der Waals surface area contributed by atoms with Crippen molar-refractivity contribution < 1.29 is 17.6 Å². The summed E-state index contributed by atoms with van der Waals surface area (Å²) in [5.41, 5.74) is 9.26. The van der Waals surface area contributed by atoms with Crippen LogP contribution in [0.25, 0.3) is 16.6 Å². The molecule has 2 atom stereocenters. The number of nitrogen functional groups attached to an aromatic ring is 1. The number of aliphatic imine (C=N–C) groups is 2. The number of benzene rings is 1. The summed E-state index contributed by atoms with van der Waals surface area (Å²) in [4.78, 5) is 10.9. The summed E-state index contributed by atoms with van der Waals surface area (Å²) in [6.45, 7) is 4.48. The highest BCUT2D eigenvalue weighted by atomic mass is 32.1. The van der Waals surface area contributed by atoms with E-state index in [0.717, 1.165) is 12.1 Å². The third-order valence-corrected chi connectivity index (χ3v) is 7.51. The highest BCUT2D eigenvalue weighted by Gasteiger charge is 2.32. The van der Waals surface area contributed by atoms with Crippen molar-refractivity contribution in [3.05, 3.63) is 53.5 Å². The lowest BCUT2D eigenvalue weighted by Gasteiger charge is -2.33. The van der Waals surface area contributed by atoms with E-state index in [2.05, 4.69) is 27.2 Å². The predicted octanol–water partition coefficient (Wildman–Crippen LogP) is 5.40. The maximum atomic E-state index is 14.7. The Morgan fingerprint density at radius 2 is 2.08 bits per heavy atom. The minimum Gasteiger partial charge on any atom is -0.391 e. The molecule has 210 valence electrons. The Kier molecular flexibility index (Phi) is 8.36. The van der Waals surface area contributed by atoms with Gasteiger partial charge in [-0.25, -0.2) is 9.38 Å². The van der Waals surface area contributed by atoms with E-state index in [1.165, 1.54) is 15.9 Å². The minimum absolute atomic E-state index is 0. The number of hydrogen-bond donors (Lipinski definition) is 3. The summed E-state index contributed by atoms with van der Waals surface area (Å²) in [6.07, 6.45) is -4.93. The molecule has 0 spiro atoms. The van der Waals surface area contributed by atoms with Gasteiger partial charge in [0.2, 0.25) is 0 Å². The lowest BCUT2D eigenvalue weighted by molar-refractivity contribution is -0.139. The molecule has 1 fully saturated rings. The fourth-order valence-corrected chi connectivity index (χ4v) is 5.47. The Morgan fingerprint density at radius 1 is 1.28 bits per heavy atom. The van der Waals surface area contributed by atoms with Gasteiger partial charge >= 0.3 is 6.18 Å². The summed E-state index contributed by atoms with van der Waals surface area (Å²) < 4.78 is 56.8. The van der Waals surface area contributed by atoms with Gasteiger partial charge < -0.3 is 25.8 Å². The van der Waals surface area contributed by atoms with Gasteiger partial charge in [-0.15, -0.1) is 11.3 Å². The van der Waals surface area contributed by atoms with E-state index in [4.69, 9.17) is 5.73 Å². The second-order valence-electron chi connectivity index (χ2n) is 9.67. The molecule has 2 aliphatic rings.